The van der Waals surface area contributed by atoms with Crippen LogP contribution in [0.5, 0.6) is 0 Å². The Morgan fingerprint density at radius 3 is 2.42 bits per heavy atom. The molecule has 0 spiro atoms. The van der Waals surface area contributed by atoms with Crippen LogP contribution in [-0.2, 0) is 16.6 Å². The van der Waals surface area contributed by atoms with E-state index in [2.05, 4.69) is 40.6 Å². The lowest BCUT2D eigenvalue weighted by Crippen LogP contribution is -2.23. The van der Waals surface area contributed by atoms with Crippen LogP contribution >= 0.6 is 0 Å². The van der Waals surface area contributed by atoms with Gasteiger partial charge >= 0.3 is 0 Å². The van der Waals surface area contributed by atoms with Crippen molar-refractivity contribution in [3.05, 3.63) is 82.7 Å². The molecule has 0 radical (unpaired) electrons. The van der Waals surface area contributed by atoms with Crippen molar-refractivity contribution >= 4 is 21.6 Å². The van der Waals surface area contributed by atoms with E-state index in [4.69, 9.17) is 0 Å². The quantitative estimate of drug-likeness (QED) is 0.568. The highest BCUT2D eigenvalue weighted by atomic mass is 32.2. The van der Waals surface area contributed by atoms with E-state index in [1.807, 2.05) is 38.1 Å². The summed E-state index contributed by atoms with van der Waals surface area (Å²) in [5, 5.41) is 2.94. The largest absolute Gasteiger partial charge is 0.348 e. The van der Waals surface area contributed by atoms with E-state index < -0.39 is 10.0 Å². The fourth-order valence-electron chi connectivity index (χ4n) is 3.65. The standard InChI is InChI=1S/C24H29N3O3S/c1-16(2)20-9-7-11-22(14-20)27-17(3)12-23(18(27)4)24(28)25-15-19-8-6-10-21(13-19)26-31(5,29)30/h6-14,16,26H,15H2,1-5H3,(H,25,28). The molecule has 0 bridgehead atoms. The van der Waals surface area contributed by atoms with Gasteiger partial charge in [0.05, 0.1) is 11.8 Å². The van der Waals surface area contributed by atoms with E-state index >= 15 is 0 Å². The zero-order valence-corrected chi connectivity index (χ0v) is 19.4. The summed E-state index contributed by atoms with van der Waals surface area (Å²) >= 11 is 0. The third-order valence-electron chi connectivity index (χ3n) is 5.15. The summed E-state index contributed by atoms with van der Waals surface area (Å²) in [5.41, 5.74) is 6.06. The summed E-state index contributed by atoms with van der Waals surface area (Å²) < 4.78 is 27.4. The lowest BCUT2D eigenvalue weighted by atomic mass is 10.0. The monoisotopic (exact) mass is 439 g/mol. The number of aromatic nitrogens is 1. The molecule has 0 atom stereocenters. The van der Waals surface area contributed by atoms with Gasteiger partial charge in [0.15, 0.2) is 0 Å². The molecule has 0 saturated carbocycles. The van der Waals surface area contributed by atoms with Gasteiger partial charge in [-0.1, -0.05) is 38.1 Å². The molecule has 1 aromatic heterocycles. The number of rotatable bonds is 7. The van der Waals surface area contributed by atoms with Gasteiger partial charge in [-0.15, -0.1) is 0 Å². The van der Waals surface area contributed by atoms with E-state index in [9.17, 15) is 13.2 Å². The van der Waals surface area contributed by atoms with Crippen molar-refractivity contribution in [1.82, 2.24) is 9.88 Å². The molecule has 0 aliphatic heterocycles. The van der Waals surface area contributed by atoms with Crippen LogP contribution in [0, 0.1) is 13.8 Å². The molecule has 3 rings (SSSR count). The van der Waals surface area contributed by atoms with Gasteiger partial charge in [-0.2, -0.15) is 0 Å². The normalized spacial score (nSPS) is 11.5. The second-order valence-corrected chi connectivity index (χ2v) is 9.88. The molecule has 7 heteroatoms. The van der Waals surface area contributed by atoms with Crippen molar-refractivity contribution in [2.75, 3.05) is 11.0 Å². The van der Waals surface area contributed by atoms with E-state index in [0.29, 0.717) is 23.7 Å². The van der Waals surface area contributed by atoms with Crippen LogP contribution in [0.15, 0.2) is 54.6 Å². The topological polar surface area (TPSA) is 80.2 Å². The first kappa shape index (κ1) is 22.6. The molecule has 1 amide bonds. The number of carbonyl (C=O) groups is 1. The second-order valence-electron chi connectivity index (χ2n) is 8.13. The summed E-state index contributed by atoms with van der Waals surface area (Å²) in [6.45, 7) is 8.55. The van der Waals surface area contributed by atoms with Gasteiger partial charge < -0.3 is 9.88 Å². The number of anilines is 1. The van der Waals surface area contributed by atoms with Crippen molar-refractivity contribution in [2.24, 2.45) is 0 Å². The Bertz CT molecular complexity index is 1210. The van der Waals surface area contributed by atoms with Crippen molar-refractivity contribution in [3.63, 3.8) is 0 Å². The molecule has 2 aromatic carbocycles. The first-order chi connectivity index (χ1) is 14.5. The molecule has 3 aromatic rings. The predicted molar refractivity (Wildman–Crippen MR) is 125 cm³/mol. The van der Waals surface area contributed by atoms with Gasteiger partial charge in [-0.05, 0) is 61.2 Å². The first-order valence-electron chi connectivity index (χ1n) is 10.2. The van der Waals surface area contributed by atoms with E-state index in [0.717, 1.165) is 28.9 Å². The molecule has 0 fully saturated rings. The van der Waals surface area contributed by atoms with Crippen LogP contribution in [0.3, 0.4) is 0 Å². The summed E-state index contributed by atoms with van der Waals surface area (Å²) in [4.78, 5) is 12.9. The third-order valence-corrected chi connectivity index (χ3v) is 5.76. The molecule has 6 nitrogen and oxygen atoms in total. The molecule has 0 aliphatic carbocycles. The van der Waals surface area contributed by atoms with Crippen LogP contribution in [0.1, 0.15) is 52.6 Å². The number of sulfonamides is 1. The average molecular weight is 440 g/mol. The molecule has 0 unspecified atom stereocenters. The maximum atomic E-state index is 12.9. The molecule has 0 saturated heterocycles. The van der Waals surface area contributed by atoms with Crippen LogP contribution in [-0.4, -0.2) is 25.1 Å². The SMILES string of the molecule is Cc1cc(C(=O)NCc2cccc(NS(C)(=O)=O)c2)c(C)n1-c1cccc(C(C)C)c1. The fourth-order valence-corrected chi connectivity index (χ4v) is 4.20. The number of hydrogen-bond donors (Lipinski definition) is 2. The highest BCUT2D eigenvalue weighted by molar-refractivity contribution is 7.92. The minimum absolute atomic E-state index is 0.166. The number of hydrogen-bond acceptors (Lipinski definition) is 3. The Hall–Kier alpha value is -3.06. The lowest BCUT2D eigenvalue weighted by molar-refractivity contribution is 0.0950. The van der Waals surface area contributed by atoms with Crippen LogP contribution in [0.4, 0.5) is 5.69 Å². The second kappa shape index (κ2) is 8.98. The van der Waals surface area contributed by atoms with Gasteiger partial charge in [0.2, 0.25) is 10.0 Å². The number of nitrogens with one attached hydrogen (secondary N) is 2. The van der Waals surface area contributed by atoms with E-state index in [1.54, 1.807) is 18.2 Å². The minimum Gasteiger partial charge on any atom is -0.348 e. The lowest BCUT2D eigenvalue weighted by Gasteiger charge is -2.13. The highest BCUT2D eigenvalue weighted by Crippen LogP contribution is 2.24. The molecular formula is C24H29N3O3S. The van der Waals surface area contributed by atoms with Gasteiger partial charge in [0.1, 0.15) is 0 Å². The number of carbonyl (C=O) groups excluding carboxylic acids is 1. The van der Waals surface area contributed by atoms with Crippen LogP contribution < -0.4 is 10.0 Å². The Labute approximate surface area is 184 Å². The molecule has 31 heavy (non-hydrogen) atoms. The maximum absolute atomic E-state index is 12.9. The van der Waals surface area contributed by atoms with Gasteiger partial charge in [0, 0.05) is 29.3 Å². The molecule has 0 aliphatic rings. The van der Waals surface area contributed by atoms with Crippen molar-refractivity contribution < 1.29 is 13.2 Å². The zero-order valence-electron chi connectivity index (χ0n) is 18.6. The van der Waals surface area contributed by atoms with Gasteiger partial charge in [-0.25, -0.2) is 8.42 Å². The Morgan fingerprint density at radius 1 is 1.03 bits per heavy atom. The van der Waals surface area contributed by atoms with Crippen molar-refractivity contribution in [2.45, 2.75) is 40.2 Å². The van der Waals surface area contributed by atoms with Gasteiger partial charge in [-0.3, -0.25) is 9.52 Å². The van der Waals surface area contributed by atoms with Crippen LogP contribution in [0.2, 0.25) is 0 Å². The Balaban J connectivity index is 1.79. The minimum atomic E-state index is -3.35. The van der Waals surface area contributed by atoms with E-state index in [1.165, 1.54) is 5.56 Å². The summed E-state index contributed by atoms with van der Waals surface area (Å²) in [6, 6.07) is 17.2. The summed E-state index contributed by atoms with van der Waals surface area (Å²) in [7, 11) is -3.35. The first-order valence-corrected chi connectivity index (χ1v) is 12.1. The molecular weight excluding hydrogens is 410 g/mol. The van der Waals surface area contributed by atoms with Crippen molar-refractivity contribution in [3.8, 4) is 5.69 Å². The molecule has 164 valence electrons. The number of aryl methyl sites for hydroxylation is 1. The Morgan fingerprint density at radius 2 is 1.74 bits per heavy atom. The molecule has 2 N–H and O–H groups in total. The number of nitrogens with zero attached hydrogens (tertiary/aromatic N) is 1. The average Bonchev–Trinajstić information content (AvgIpc) is 2.99. The fraction of sp³-hybridized carbons (Fsp3) is 0.292. The van der Waals surface area contributed by atoms with E-state index in [-0.39, 0.29) is 5.91 Å². The molecule has 1 heterocycles. The zero-order chi connectivity index (χ0) is 22.8. The van der Waals surface area contributed by atoms with Crippen molar-refractivity contribution in [1.29, 1.82) is 0 Å². The summed E-state index contributed by atoms with van der Waals surface area (Å²) in [5.74, 6) is 0.257. The maximum Gasteiger partial charge on any atom is 0.253 e. The number of benzene rings is 2. The number of amides is 1. The Kier molecular flexibility index (Phi) is 6.55. The highest BCUT2D eigenvalue weighted by Gasteiger charge is 2.17. The summed E-state index contributed by atoms with van der Waals surface area (Å²) in [6.07, 6.45) is 1.11. The third kappa shape index (κ3) is 5.55. The van der Waals surface area contributed by atoms with Crippen LogP contribution in [0.25, 0.3) is 5.69 Å². The van der Waals surface area contributed by atoms with Gasteiger partial charge in [0.25, 0.3) is 5.91 Å². The predicted octanol–water partition coefficient (Wildman–Crippen LogP) is 4.52. The smallest absolute Gasteiger partial charge is 0.253 e.